The molecule has 1 aliphatic rings. The van der Waals surface area contributed by atoms with E-state index in [-0.39, 0.29) is 16.4 Å². The number of rotatable bonds is 5. The molecule has 1 aromatic heterocycles. The van der Waals surface area contributed by atoms with Crippen LogP contribution < -0.4 is 14.4 Å². The minimum atomic E-state index is -0.975. The van der Waals surface area contributed by atoms with Crippen molar-refractivity contribution in [3.8, 4) is 11.5 Å². The maximum absolute atomic E-state index is 13.1. The van der Waals surface area contributed by atoms with Crippen LogP contribution in [0.4, 0.5) is 5.69 Å². The predicted molar refractivity (Wildman–Crippen MR) is 119 cm³/mol. The Morgan fingerprint density at radius 1 is 1.06 bits per heavy atom. The van der Waals surface area contributed by atoms with Crippen LogP contribution in [0.1, 0.15) is 22.9 Å². The number of ketones is 1. The molecular formula is C24H20ClNO6. The van der Waals surface area contributed by atoms with Crippen molar-refractivity contribution in [1.29, 1.82) is 0 Å². The van der Waals surface area contributed by atoms with E-state index in [4.69, 9.17) is 25.5 Å². The van der Waals surface area contributed by atoms with Crippen LogP contribution in [0.2, 0.25) is 5.02 Å². The third-order valence-electron chi connectivity index (χ3n) is 5.34. The van der Waals surface area contributed by atoms with Crippen LogP contribution in [0.5, 0.6) is 11.5 Å². The number of halogens is 1. The largest absolute Gasteiger partial charge is 0.507 e. The Morgan fingerprint density at radius 3 is 2.38 bits per heavy atom. The highest BCUT2D eigenvalue weighted by atomic mass is 35.5. The number of aliphatic hydroxyl groups is 1. The molecule has 1 fully saturated rings. The van der Waals surface area contributed by atoms with Gasteiger partial charge in [-0.05, 0) is 61.0 Å². The number of carbonyl (C=O) groups excluding carboxylic acids is 2. The molecule has 7 nitrogen and oxygen atoms in total. The van der Waals surface area contributed by atoms with Gasteiger partial charge in [-0.15, -0.1) is 0 Å². The van der Waals surface area contributed by atoms with Crippen molar-refractivity contribution in [3.05, 3.63) is 82.3 Å². The van der Waals surface area contributed by atoms with Gasteiger partial charge in [-0.25, -0.2) is 0 Å². The van der Waals surface area contributed by atoms with Gasteiger partial charge in [-0.2, -0.15) is 0 Å². The lowest BCUT2D eigenvalue weighted by Crippen LogP contribution is -2.29. The van der Waals surface area contributed by atoms with Crippen LogP contribution in [0.3, 0.4) is 0 Å². The standard InChI is InChI=1S/C24H20ClNO6/c1-13-11-14(6-8-17(13)30-2)22(27)20-21(19-5-4-10-32-19)26(24(29)23(20)28)15-7-9-18(31-3)16(25)12-15/h4-12,21,27H,1-3H3/b22-20-. The van der Waals surface area contributed by atoms with Crippen molar-refractivity contribution in [2.75, 3.05) is 19.1 Å². The summed E-state index contributed by atoms with van der Waals surface area (Å²) in [5.74, 6) is -0.558. The first-order chi connectivity index (χ1) is 15.4. The van der Waals surface area contributed by atoms with Crippen LogP contribution in [-0.4, -0.2) is 31.0 Å². The Kier molecular flexibility index (Phi) is 5.67. The average Bonchev–Trinajstić information content (AvgIpc) is 3.40. The fourth-order valence-corrected chi connectivity index (χ4v) is 4.05. The summed E-state index contributed by atoms with van der Waals surface area (Å²) in [6.45, 7) is 1.82. The van der Waals surface area contributed by atoms with E-state index in [2.05, 4.69) is 0 Å². The van der Waals surface area contributed by atoms with E-state index in [1.54, 1.807) is 49.6 Å². The smallest absolute Gasteiger partial charge is 0.300 e. The van der Waals surface area contributed by atoms with Gasteiger partial charge in [0.1, 0.15) is 29.1 Å². The number of hydrogen-bond donors (Lipinski definition) is 1. The summed E-state index contributed by atoms with van der Waals surface area (Å²) in [5, 5.41) is 11.4. The van der Waals surface area contributed by atoms with E-state index >= 15 is 0 Å². The molecule has 0 radical (unpaired) electrons. The predicted octanol–water partition coefficient (Wildman–Crippen LogP) is 4.88. The molecule has 3 aromatic rings. The molecule has 2 aromatic carbocycles. The van der Waals surface area contributed by atoms with Crippen molar-refractivity contribution in [3.63, 3.8) is 0 Å². The number of nitrogens with zero attached hydrogens (tertiary/aromatic N) is 1. The lowest BCUT2D eigenvalue weighted by atomic mass is 9.98. The number of Topliss-reactive ketones (excluding diaryl/α,β-unsaturated/α-hetero) is 1. The number of hydrogen-bond acceptors (Lipinski definition) is 6. The van der Waals surface area contributed by atoms with E-state index < -0.39 is 17.7 Å². The fraction of sp³-hybridized carbons (Fsp3) is 0.167. The summed E-state index contributed by atoms with van der Waals surface area (Å²) in [7, 11) is 3.02. The van der Waals surface area contributed by atoms with Crippen LogP contribution in [0.15, 0.2) is 64.8 Å². The molecule has 2 heterocycles. The summed E-state index contributed by atoms with van der Waals surface area (Å²) in [6, 6.07) is 12.0. The number of benzene rings is 2. The zero-order valence-corrected chi connectivity index (χ0v) is 18.3. The highest BCUT2D eigenvalue weighted by molar-refractivity contribution is 6.51. The Morgan fingerprint density at radius 2 is 1.78 bits per heavy atom. The number of furan rings is 1. The molecule has 1 amide bonds. The highest BCUT2D eigenvalue weighted by Crippen LogP contribution is 2.43. The molecule has 1 saturated heterocycles. The number of aliphatic hydroxyl groups excluding tert-OH is 1. The molecule has 32 heavy (non-hydrogen) atoms. The molecule has 4 rings (SSSR count). The second kappa shape index (κ2) is 8.43. The SMILES string of the molecule is COc1ccc(/C(O)=C2/C(=O)C(=O)N(c3ccc(OC)c(Cl)c3)C2c2ccco2)cc1C. The van der Waals surface area contributed by atoms with Crippen molar-refractivity contribution < 1.29 is 28.6 Å². The Balaban J connectivity index is 1.90. The first-order valence-corrected chi connectivity index (χ1v) is 10.1. The van der Waals surface area contributed by atoms with Gasteiger partial charge in [0.05, 0.1) is 31.1 Å². The number of aryl methyl sites for hydroxylation is 1. The Labute approximate surface area is 189 Å². The summed E-state index contributed by atoms with van der Waals surface area (Å²) >= 11 is 6.26. The second-order valence-electron chi connectivity index (χ2n) is 7.19. The maximum Gasteiger partial charge on any atom is 0.300 e. The normalized spacial score (nSPS) is 17.6. The monoisotopic (exact) mass is 453 g/mol. The average molecular weight is 454 g/mol. The molecule has 0 spiro atoms. The molecule has 0 bridgehead atoms. The van der Waals surface area contributed by atoms with Gasteiger partial charge < -0.3 is 19.0 Å². The minimum absolute atomic E-state index is 0.0820. The number of methoxy groups -OCH3 is 2. The molecule has 0 aliphatic carbocycles. The van der Waals surface area contributed by atoms with Gasteiger partial charge in [-0.1, -0.05) is 11.6 Å². The maximum atomic E-state index is 13.1. The van der Waals surface area contributed by atoms with E-state index in [0.717, 1.165) is 5.56 Å². The summed E-state index contributed by atoms with van der Waals surface area (Å²) in [6.07, 6.45) is 1.44. The van der Waals surface area contributed by atoms with Crippen LogP contribution in [0, 0.1) is 6.92 Å². The number of amides is 1. The topological polar surface area (TPSA) is 89.2 Å². The molecule has 1 atom stereocenters. The van der Waals surface area contributed by atoms with Gasteiger partial charge >= 0.3 is 0 Å². The van der Waals surface area contributed by atoms with Crippen molar-refractivity contribution in [1.82, 2.24) is 0 Å². The van der Waals surface area contributed by atoms with Crippen molar-refractivity contribution in [2.24, 2.45) is 0 Å². The van der Waals surface area contributed by atoms with Gasteiger partial charge in [0.2, 0.25) is 0 Å². The van der Waals surface area contributed by atoms with Crippen molar-refractivity contribution in [2.45, 2.75) is 13.0 Å². The first kappa shape index (κ1) is 21.5. The van der Waals surface area contributed by atoms with Gasteiger partial charge in [0, 0.05) is 11.3 Å². The van der Waals surface area contributed by atoms with Gasteiger partial charge in [-0.3, -0.25) is 14.5 Å². The Bertz CT molecular complexity index is 1230. The summed E-state index contributed by atoms with van der Waals surface area (Å²) in [4.78, 5) is 27.4. The quantitative estimate of drug-likeness (QED) is 0.336. The molecule has 1 aliphatic heterocycles. The molecule has 0 saturated carbocycles. The third kappa shape index (κ3) is 3.50. The number of carbonyl (C=O) groups is 2. The number of ether oxygens (including phenoxy) is 2. The van der Waals surface area contributed by atoms with E-state index in [1.807, 2.05) is 6.92 Å². The summed E-state index contributed by atoms with van der Waals surface area (Å²) < 4.78 is 16.0. The molecule has 8 heteroatoms. The van der Waals surface area contributed by atoms with E-state index in [9.17, 15) is 14.7 Å². The minimum Gasteiger partial charge on any atom is -0.507 e. The lowest BCUT2D eigenvalue weighted by Gasteiger charge is -2.24. The highest BCUT2D eigenvalue weighted by Gasteiger charge is 2.48. The molecule has 1 N–H and O–H groups in total. The van der Waals surface area contributed by atoms with E-state index in [0.29, 0.717) is 28.5 Å². The lowest BCUT2D eigenvalue weighted by molar-refractivity contribution is -0.132. The zero-order valence-electron chi connectivity index (χ0n) is 17.6. The summed E-state index contributed by atoms with van der Waals surface area (Å²) in [5.41, 5.74) is 1.43. The zero-order chi connectivity index (χ0) is 23.0. The van der Waals surface area contributed by atoms with E-state index in [1.165, 1.54) is 24.3 Å². The van der Waals surface area contributed by atoms with Crippen LogP contribution in [0.25, 0.3) is 5.76 Å². The molecule has 164 valence electrons. The van der Waals surface area contributed by atoms with Crippen LogP contribution >= 0.6 is 11.6 Å². The van der Waals surface area contributed by atoms with Crippen LogP contribution in [-0.2, 0) is 9.59 Å². The molecular weight excluding hydrogens is 434 g/mol. The van der Waals surface area contributed by atoms with Gasteiger partial charge in [0.15, 0.2) is 0 Å². The number of anilines is 1. The third-order valence-corrected chi connectivity index (χ3v) is 5.63. The first-order valence-electron chi connectivity index (χ1n) is 9.70. The fourth-order valence-electron chi connectivity index (χ4n) is 3.80. The Hall–Kier alpha value is -3.71. The molecule has 1 unspecified atom stereocenters. The van der Waals surface area contributed by atoms with Gasteiger partial charge in [0.25, 0.3) is 11.7 Å². The van der Waals surface area contributed by atoms with Crippen molar-refractivity contribution >= 4 is 34.7 Å². The second-order valence-corrected chi connectivity index (χ2v) is 7.59.